The molecular weight excluding hydrogens is 252 g/mol. The fourth-order valence-corrected chi connectivity index (χ4v) is 2.93. The quantitative estimate of drug-likeness (QED) is 0.805. The number of fused-ring (bicyclic) bond motifs is 1. The summed E-state index contributed by atoms with van der Waals surface area (Å²) in [5, 5.41) is 0. The maximum atomic E-state index is 12.1. The molecule has 0 unspecified atom stereocenters. The summed E-state index contributed by atoms with van der Waals surface area (Å²) in [6, 6.07) is 5.87. The third-order valence-corrected chi connectivity index (χ3v) is 4.12. The van der Waals surface area contributed by atoms with Gasteiger partial charge in [0.2, 0.25) is 0 Å². The summed E-state index contributed by atoms with van der Waals surface area (Å²) in [6.07, 6.45) is 7.45. The van der Waals surface area contributed by atoms with Gasteiger partial charge in [0, 0.05) is 6.20 Å². The second kappa shape index (κ2) is 5.65. The van der Waals surface area contributed by atoms with Crippen molar-refractivity contribution < 1.29 is 9.53 Å². The van der Waals surface area contributed by atoms with E-state index in [-0.39, 0.29) is 11.9 Å². The van der Waals surface area contributed by atoms with Crippen LogP contribution >= 0.6 is 0 Å². The second-order valence-electron chi connectivity index (χ2n) is 5.52. The van der Waals surface area contributed by atoms with E-state index in [0.717, 1.165) is 42.7 Å². The lowest BCUT2D eigenvalue weighted by atomic mass is 9.89. The lowest BCUT2D eigenvalue weighted by Gasteiger charge is -2.19. The molecule has 4 heteroatoms. The number of carbonyl (C=O) groups excluding carboxylic acids is 1. The molecular formula is C16H20N2O2. The summed E-state index contributed by atoms with van der Waals surface area (Å²) in [6.45, 7) is 2.27. The summed E-state index contributed by atoms with van der Waals surface area (Å²) >= 11 is 0. The van der Waals surface area contributed by atoms with Crippen molar-refractivity contribution in [1.29, 1.82) is 0 Å². The van der Waals surface area contributed by atoms with E-state index in [1.54, 1.807) is 0 Å². The lowest BCUT2D eigenvalue weighted by Crippen LogP contribution is -2.20. The molecule has 106 valence electrons. The first-order chi connectivity index (χ1) is 9.75. The van der Waals surface area contributed by atoms with Crippen LogP contribution in [0, 0.1) is 12.8 Å². The van der Waals surface area contributed by atoms with Gasteiger partial charge < -0.3 is 9.14 Å². The van der Waals surface area contributed by atoms with Gasteiger partial charge in [-0.05, 0) is 31.9 Å². The Balaban J connectivity index is 1.70. The normalized spacial score (nSPS) is 16.4. The summed E-state index contributed by atoms with van der Waals surface area (Å²) in [5.41, 5.74) is 2.78. The van der Waals surface area contributed by atoms with Crippen LogP contribution in [0.2, 0.25) is 0 Å². The zero-order valence-electron chi connectivity index (χ0n) is 11.8. The third-order valence-electron chi connectivity index (χ3n) is 4.12. The molecule has 0 radical (unpaired) electrons. The largest absolute Gasteiger partial charge is 0.459 e. The minimum absolute atomic E-state index is 0.0463. The van der Waals surface area contributed by atoms with E-state index in [2.05, 4.69) is 4.98 Å². The molecule has 4 nitrogen and oxygen atoms in total. The molecule has 0 bridgehead atoms. The van der Waals surface area contributed by atoms with Crippen molar-refractivity contribution >= 4 is 11.6 Å². The van der Waals surface area contributed by atoms with Gasteiger partial charge in [-0.15, -0.1) is 0 Å². The minimum atomic E-state index is -0.0463. The Bertz CT molecular complexity index is 612. The number of nitrogens with zero attached hydrogens (tertiary/aromatic N) is 2. The van der Waals surface area contributed by atoms with Crippen molar-refractivity contribution in [2.45, 2.75) is 45.6 Å². The molecule has 1 aliphatic rings. The number of rotatable bonds is 3. The average Bonchev–Trinajstić information content (AvgIpc) is 2.81. The Morgan fingerprint density at radius 1 is 1.35 bits per heavy atom. The molecule has 0 aromatic carbocycles. The molecule has 2 aromatic rings. The number of aryl methyl sites for hydroxylation is 1. The fraction of sp³-hybridized carbons (Fsp3) is 0.500. The number of imidazole rings is 1. The van der Waals surface area contributed by atoms with E-state index in [4.69, 9.17) is 4.74 Å². The fourth-order valence-electron chi connectivity index (χ4n) is 2.93. The molecule has 0 spiro atoms. The molecule has 2 heterocycles. The SMILES string of the molecule is Cc1nc2ccccn2c1COC(=O)C1CCCCC1. The van der Waals surface area contributed by atoms with Gasteiger partial charge in [-0.1, -0.05) is 25.3 Å². The third kappa shape index (κ3) is 2.55. The van der Waals surface area contributed by atoms with Crippen LogP contribution in [0.15, 0.2) is 24.4 Å². The van der Waals surface area contributed by atoms with Crippen LogP contribution in [0.5, 0.6) is 0 Å². The molecule has 2 aromatic heterocycles. The van der Waals surface area contributed by atoms with Gasteiger partial charge in [0.15, 0.2) is 0 Å². The Kier molecular flexibility index (Phi) is 3.72. The van der Waals surface area contributed by atoms with Gasteiger partial charge in [0.1, 0.15) is 12.3 Å². The molecule has 0 amide bonds. The van der Waals surface area contributed by atoms with E-state index in [0.29, 0.717) is 6.61 Å². The van der Waals surface area contributed by atoms with Crippen LogP contribution in [-0.2, 0) is 16.1 Å². The smallest absolute Gasteiger partial charge is 0.309 e. The van der Waals surface area contributed by atoms with Crippen LogP contribution in [0.3, 0.4) is 0 Å². The van der Waals surface area contributed by atoms with E-state index in [1.807, 2.05) is 35.7 Å². The molecule has 0 saturated heterocycles. The highest BCUT2D eigenvalue weighted by Crippen LogP contribution is 2.25. The summed E-state index contributed by atoms with van der Waals surface area (Å²) in [4.78, 5) is 16.6. The van der Waals surface area contributed by atoms with Crippen LogP contribution in [0.1, 0.15) is 43.5 Å². The number of pyridine rings is 1. The van der Waals surface area contributed by atoms with E-state index in [9.17, 15) is 4.79 Å². The zero-order chi connectivity index (χ0) is 13.9. The minimum Gasteiger partial charge on any atom is -0.459 e. The van der Waals surface area contributed by atoms with Crippen molar-refractivity contribution in [3.05, 3.63) is 35.8 Å². The summed E-state index contributed by atoms with van der Waals surface area (Å²) < 4.78 is 7.50. The second-order valence-corrected chi connectivity index (χ2v) is 5.52. The Morgan fingerprint density at radius 3 is 2.95 bits per heavy atom. The number of carbonyl (C=O) groups is 1. The van der Waals surface area contributed by atoms with Crippen molar-refractivity contribution in [2.75, 3.05) is 0 Å². The van der Waals surface area contributed by atoms with Gasteiger partial charge in [-0.25, -0.2) is 4.98 Å². The first-order valence-corrected chi connectivity index (χ1v) is 7.35. The Hall–Kier alpha value is -1.84. The van der Waals surface area contributed by atoms with Crippen LogP contribution in [0.25, 0.3) is 5.65 Å². The van der Waals surface area contributed by atoms with Crippen LogP contribution < -0.4 is 0 Å². The first kappa shape index (κ1) is 13.2. The highest BCUT2D eigenvalue weighted by atomic mass is 16.5. The van der Waals surface area contributed by atoms with Gasteiger partial charge in [0.25, 0.3) is 0 Å². The molecule has 0 N–H and O–H groups in total. The predicted molar refractivity (Wildman–Crippen MR) is 76.3 cm³/mol. The molecule has 1 aliphatic carbocycles. The number of hydrogen-bond acceptors (Lipinski definition) is 3. The lowest BCUT2D eigenvalue weighted by molar-refractivity contribution is -0.151. The topological polar surface area (TPSA) is 43.6 Å². The number of esters is 1. The Labute approximate surface area is 118 Å². The predicted octanol–water partition coefficient (Wildman–Crippen LogP) is 3.27. The van der Waals surface area contributed by atoms with Gasteiger partial charge in [0.05, 0.1) is 17.3 Å². The number of aromatic nitrogens is 2. The average molecular weight is 272 g/mol. The van der Waals surface area contributed by atoms with Crippen molar-refractivity contribution in [2.24, 2.45) is 5.92 Å². The summed E-state index contributed by atoms with van der Waals surface area (Å²) in [5.74, 6) is 0.0539. The molecule has 0 aliphatic heterocycles. The molecule has 1 saturated carbocycles. The standard InChI is InChI=1S/C16H20N2O2/c1-12-14(18-10-6-5-9-15(18)17-12)11-20-16(19)13-7-3-2-4-8-13/h5-6,9-10,13H,2-4,7-8,11H2,1H3. The molecule has 20 heavy (non-hydrogen) atoms. The maximum Gasteiger partial charge on any atom is 0.309 e. The highest BCUT2D eigenvalue weighted by molar-refractivity contribution is 5.72. The van der Waals surface area contributed by atoms with Crippen LogP contribution in [-0.4, -0.2) is 15.4 Å². The first-order valence-electron chi connectivity index (χ1n) is 7.35. The molecule has 3 rings (SSSR count). The zero-order valence-corrected chi connectivity index (χ0v) is 11.8. The monoisotopic (exact) mass is 272 g/mol. The van der Waals surface area contributed by atoms with Crippen molar-refractivity contribution in [1.82, 2.24) is 9.38 Å². The van der Waals surface area contributed by atoms with Gasteiger partial charge in [-0.2, -0.15) is 0 Å². The van der Waals surface area contributed by atoms with Crippen LogP contribution in [0.4, 0.5) is 0 Å². The van der Waals surface area contributed by atoms with E-state index in [1.165, 1.54) is 6.42 Å². The van der Waals surface area contributed by atoms with Crippen molar-refractivity contribution in [3.8, 4) is 0 Å². The van der Waals surface area contributed by atoms with E-state index >= 15 is 0 Å². The molecule has 1 fully saturated rings. The number of ether oxygens (including phenoxy) is 1. The molecule has 0 atom stereocenters. The maximum absolute atomic E-state index is 12.1. The highest BCUT2D eigenvalue weighted by Gasteiger charge is 2.23. The van der Waals surface area contributed by atoms with Gasteiger partial charge >= 0.3 is 5.97 Å². The van der Waals surface area contributed by atoms with E-state index < -0.39 is 0 Å². The van der Waals surface area contributed by atoms with Gasteiger partial charge in [-0.3, -0.25) is 4.79 Å². The Morgan fingerprint density at radius 2 is 2.15 bits per heavy atom. The summed E-state index contributed by atoms with van der Waals surface area (Å²) in [7, 11) is 0. The number of hydrogen-bond donors (Lipinski definition) is 0. The van der Waals surface area contributed by atoms with Crippen molar-refractivity contribution in [3.63, 3.8) is 0 Å².